The summed E-state index contributed by atoms with van der Waals surface area (Å²) in [6.07, 6.45) is 77.6. The minimum atomic E-state index is -4.94. The highest BCUT2D eigenvalue weighted by Crippen LogP contribution is 2.45. The van der Waals surface area contributed by atoms with Gasteiger partial charge in [0, 0.05) is 19.3 Å². The van der Waals surface area contributed by atoms with Crippen LogP contribution in [0, 0.1) is 0 Å². The standard InChI is InChI=1S/C73H120O16P2/c1-4-7-10-13-16-19-22-25-28-30-32-33-35-37-39-41-44-47-50-53-56-59-71(76)83-62-68(74)63-85-90(79,80)86-64-69(75)65-87-91(81,82)88-67-70(89-73(78)61-58-55-52-49-46-43-38-27-24-21-18-15-12-9-6-3)66-84-72(77)60-57-54-51-48-45-42-40-36-34-31-29-26-23-20-17-14-11-8-5-2/h7-8,10-11,16-17,19-20,25-29,32-34,36-39,42,44-45,47,68-70,74-75H,4-6,9,12-15,18,21-24,30-31,35,40-41,43,46,48-67H2,1-3H3,(H,79,80)(H,81,82)/b10-7-,11-8-,19-16-,20-17-,28-25-,29-26-,33-32-,36-34-,38-27-,39-37-,45-42-,47-44-. The predicted molar refractivity (Wildman–Crippen MR) is 371 cm³/mol. The van der Waals surface area contributed by atoms with Crippen LogP contribution in [-0.2, 0) is 55.8 Å². The van der Waals surface area contributed by atoms with Gasteiger partial charge in [-0.15, -0.1) is 0 Å². The summed E-state index contributed by atoms with van der Waals surface area (Å²) in [6, 6.07) is 0. The molecule has 0 aromatic rings. The van der Waals surface area contributed by atoms with E-state index in [0.29, 0.717) is 19.3 Å². The molecular weight excluding hydrogens is 1190 g/mol. The Bertz CT molecular complexity index is 2240. The van der Waals surface area contributed by atoms with E-state index in [1.165, 1.54) is 38.5 Å². The molecule has 0 saturated carbocycles. The highest BCUT2D eigenvalue weighted by Gasteiger charge is 2.29. The van der Waals surface area contributed by atoms with Gasteiger partial charge in [-0.2, -0.15) is 0 Å². The second-order valence-electron chi connectivity index (χ2n) is 22.2. The molecule has 0 aromatic carbocycles. The normalized spacial score (nSPS) is 15.1. The van der Waals surface area contributed by atoms with E-state index in [1.807, 2.05) is 0 Å². The van der Waals surface area contributed by atoms with Gasteiger partial charge < -0.3 is 34.2 Å². The second kappa shape index (κ2) is 65.5. The maximum atomic E-state index is 12.9. The number of ether oxygens (including phenoxy) is 3. The SMILES string of the molecule is CC/C=C\C/C=C\C/C=C\C/C=C\C/C=C\C/C=C\CCCCC(=O)OCC(O)COP(=O)(O)OCC(O)COP(=O)(O)OCC(COC(=O)CCCCC/C=C\C/C=C\C/C=C\C/C=C\C/C=C\CC)OC(=O)CCCCCCC/C=C\CCCCCCCC. The highest BCUT2D eigenvalue weighted by molar-refractivity contribution is 7.47. The smallest absolute Gasteiger partial charge is 0.463 e. The Kier molecular flexibility index (Phi) is 62.2. The van der Waals surface area contributed by atoms with E-state index < -0.39 is 91.5 Å². The van der Waals surface area contributed by atoms with Crippen molar-refractivity contribution in [3.63, 3.8) is 0 Å². The first kappa shape index (κ1) is 86.4. The molecule has 0 aromatic heterocycles. The Hall–Kier alpha value is -4.57. The van der Waals surface area contributed by atoms with Crippen molar-refractivity contribution < 1.29 is 75.8 Å². The molecule has 0 aliphatic heterocycles. The van der Waals surface area contributed by atoms with Crippen LogP contribution in [0.1, 0.15) is 239 Å². The first-order valence-corrected chi connectivity index (χ1v) is 37.1. The molecule has 0 saturated heterocycles. The number of carbonyl (C=O) groups excluding carboxylic acids is 3. The minimum absolute atomic E-state index is 0.0815. The summed E-state index contributed by atoms with van der Waals surface area (Å²) in [5, 5.41) is 20.5. The molecule has 16 nitrogen and oxygen atoms in total. The Balaban J connectivity index is 4.76. The molecule has 518 valence electrons. The third-order valence-electron chi connectivity index (χ3n) is 13.5. The summed E-state index contributed by atoms with van der Waals surface area (Å²) < 4.78 is 60.8. The number of phosphoric ester groups is 2. The fourth-order valence-electron chi connectivity index (χ4n) is 8.36. The average Bonchev–Trinajstić information content (AvgIpc) is 3.09. The molecule has 5 unspecified atom stereocenters. The third-order valence-corrected chi connectivity index (χ3v) is 15.4. The molecule has 0 heterocycles. The number of esters is 3. The van der Waals surface area contributed by atoms with Gasteiger partial charge in [0.05, 0.1) is 26.4 Å². The summed E-state index contributed by atoms with van der Waals surface area (Å²) in [4.78, 5) is 58.4. The first-order valence-electron chi connectivity index (χ1n) is 34.1. The van der Waals surface area contributed by atoms with Gasteiger partial charge in [-0.1, -0.05) is 224 Å². The lowest BCUT2D eigenvalue weighted by molar-refractivity contribution is -0.161. The number of unbranched alkanes of at least 4 members (excludes halogenated alkanes) is 16. The number of aliphatic hydroxyl groups excluding tert-OH is 2. The number of aliphatic hydroxyl groups is 2. The zero-order valence-electron chi connectivity index (χ0n) is 56.0. The van der Waals surface area contributed by atoms with E-state index in [0.717, 1.165) is 141 Å². The average molecular weight is 1320 g/mol. The highest BCUT2D eigenvalue weighted by atomic mass is 31.2. The lowest BCUT2D eigenvalue weighted by Gasteiger charge is -2.21. The molecule has 0 radical (unpaired) electrons. The molecule has 0 aliphatic rings. The Morgan fingerprint density at radius 1 is 0.319 bits per heavy atom. The van der Waals surface area contributed by atoms with Crippen molar-refractivity contribution >= 4 is 33.6 Å². The first-order chi connectivity index (χ1) is 44.2. The molecule has 0 spiro atoms. The van der Waals surface area contributed by atoms with Crippen LogP contribution in [0.4, 0.5) is 0 Å². The fourth-order valence-corrected chi connectivity index (χ4v) is 9.94. The van der Waals surface area contributed by atoms with E-state index in [2.05, 4.69) is 167 Å². The summed E-state index contributed by atoms with van der Waals surface area (Å²) in [7, 11) is -9.81. The quantitative estimate of drug-likeness (QED) is 0.0146. The van der Waals surface area contributed by atoms with Crippen molar-refractivity contribution in [1.29, 1.82) is 0 Å². The van der Waals surface area contributed by atoms with Crippen LogP contribution in [0.3, 0.4) is 0 Å². The van der Waals surface area contributed by atoms with Crippen LogP contribution in [0.25, 0.3) is 0 Å². The largest absolute Gasteiger partial charge is 0.472 e. The van der Waals surface area contributed by atoms with Gasteiger partial charge in [-0.3, -0.25) is 32.5 Å². The van der Waals surface area contributed by atoms with Gasteiger partial charge in [-0.05, 0) is 141 Å². The lowest BCUT2D eigenvalue weighted by atomic mass is 10.1. The van der Waals surface area contributed by atoms with Crippen molar-refractivity contribution in [3.05, 3.63) is 146 Å². The van der Waals surface area contributed by atoms with E-state index in [4.69, 9.17) is 32.3 Å². The van der Waals surface area contributed by atoms with E-state index in [-0.39, 0.29) is 19.3 Å². The predicted octanol–water partition coefficient (Wildman–Crippen LogP) is 19.0. The Morgan fingerprint density at radius 2 is 0.582 bits per heavy atom. The molecule has 0 aliphatic carbocycles. The van der Waals surface area contributed by atoms with Gasteiger partial charge in [0.1, 0.15) is 25.4 Å². The van der Waals surface area contributed by atoms with E-state index in [9.17, 15) is 43.5 Å². The molecule has 5 atom stereocenters. The molecule has 18 heteroatoms. The van der Waals surface area contributed by atoms with Gasteiger partial charge in [0.25, 0.3) is 0 Å². The number of carbonyl (C=O) groups is 3. The zero-order valence-corrected chi connectivity index (χ0v) is 57.7. The monoisotopic (exact) mass is 1310 g/mol. The Morgan fingerprint density at radius 3 is 0.967 bits per heavy atom. The van der Waals surface area contributed by atoms with Gasteiger partial charge in [0.15, 0.2) is 6.10 Å². The third kappa shape index (κ3) is 66.7. The summed E-state index contributed by atoms with van der Waals surface area (Å²) in [5.41, 5.74) is 0. The van der Waals surface area contributed by atoms with Crippen LogP contribution in [0.2, 0.25) is 0 Å². The molecule has 0 fully saturated rings. The maximum Gasteiger partial charge on any atom is 0.472 e. The lowest BCUT2D eigenvalue weighted by Crippen LogP contribution is -2.30. The van der Waals surface area contributed by atoms with Crippen molar-refractivity contribution in [3.8, 4) is 0 Å². The maximum absolute atomic E-state index is 12.9. The number of hydrogen-bond donors (Lipinski definition) is 4. The van der Waals surface area contributed by atoms with Crippen LogP contribution >= 0.6 is 15.6 Å². The molecule has 0 amide bonds. The van der Waals surface area contributed by atoms with Gasteiger partial charge in [-0.25, -0.2) is 9.13 Å². The van der Waals surface area contributed by atoms with Crippen LogP contribution < -0.4 is 0 Å². The van der Waals surface area contributed by atoms with E-state index in [1.54, 1.807) is 0 Å². The van der Waals surface area contributed by atoms with Crippen molar-refractivity contribution in [2.24, 2.45) is 0 Å². The molecule has 91 heavy (non-hydrogen) atoms. The van der Waals surface area contributed by atoms with Crippen molar-refractivity contribution in [2.45, 2.75) is 257 Å². The molecule has 0 bridgehead atoms. The zero-order chi connectivity index (χ0) is 66.7. The van der Waals surface area contributed by atoms with E-state index >= 15 is 0 Å². The Labute approximate surface area is 549 Å². The van der Waals surface area contributed by atoms with Crippen LogP contribution in [0.5, 0.6) is 0 Å². The summed E-state index contributed by atoms with van der Waals surface area (Å²) >= 11 is 0. The molecule has 4 N–H and O–H groups in total. The number of hydrogen-bond acceptors (Lipinski definition) is 14. The van der Waals surface area contributed by atoms with Gasteiger partial charge >= 0.3 is 33.6 Å². The van der Waals surface area contributed by atoms with Crippen molar-refractivity contribution in [2.75, 3.05) is 39.6 Å². The minimum Gasteiger partial charge on any atom is -0.463 e. The fraction of sp³-hybridized carbons (Fsp3) is 0.630. The van der Waals surface area contributed by atoms with Gasteiger partial charge in [0.2, 0.25) is 0 Å². The molecule has 0 rings (SSSR count). The van der Waals surface area contributed by atoms with Crippen molar-refractivity contribution in [1.82, 2.24) is 0 Å². The topological polar surface area (TPSA) is 231 Å². The summed E-state index contributed by atoms with van der Waals surface area (Å²) in [5.74, 6) is -1.67. The number of phosphoric acid groups is 2. The van der Waals surface area contributed by atoms with Crippen LogP contribution in [-0.4, -0.2) is 95.9 Å². The van der Waals surface area contributed by atoms with Crippen LogP contribution in [0.15, 0.2) is 146 Å². The number of rotatable bonds is 63. The second-order valence-corrected chi connectivity index (χ2v) is 25.1. The number of allylic oxidation sites excluding steroid dienone is 24. The molecular formula is C73H120O16P2. The summed E-state index contributed by atoms with van der Waals surface area (Å²) in [6.45, 7) is 2.31.